The molecule has 19 heavy (non-hydrogen) atoms. The fraction of sp³-hybridized carbons (Fsp3) is 0.625. The molecule has 1 aromatic rings. The molecule has 0 amide bonds. The number of rotatable bonds is 4. The number of hydrogen-bond acceptors (Lipinski definition) is 2. The van der Waals surface area contributed by atoms with Gasteiger partial charge in [0.1, 0.15) is 0 Å². The van der Waals surface area contributed by atoms with E-state index in [1.807, 2.05) is 0 Å². The molecule has 2 atom stereocenters. The Bertz CT molecular complexity index is 388. The molecule has 2 unspecified atom stereocenters. The summed E-state index contributed by atoms with van der Waals surface area (Å²) in [6.07, 6.45) is 1.27. The number of hydrogen-bond donors (Lipinski definition) is 1. The van der Waals surface area contributed by atoms with Crippen LogP contribution in [-0.2, 0) is 6.54 Å². The van der Waals surface area contributed by atoms with Crippen LogP contribution in [0.1, 0.15) is 32.8 Å². The summed E-state index contributed by atoms with van der Waals surface area (Å²) < 4.78 is 1.15. The zero-order valence-electron chi connectivity index (χ0n) is 12.2. The van der Waals surface area contributed by atoms with Gasteiger partial charge in [-0.1, -0.05) is 41.9 Å². The predicted molar refractivity (Wildman–Crippen MR) is 85.3 cm³/mol. The van der Waals surface area contributed by atoms with Gasteiger partial charge in [0.15, 0.2) is 0 Å². The van der Waals surface area contributed by atoms with Gasteiger partial charge < -0.3 is 5.32 Å². The van der Waals surface area contributed by atoms with Crippen molar-refractivity contribution in [3.63, 3.8) is 0 Å². The molecule has 2 rings (SSSR count). The van der Waals surface area contributed by atoms with Crippen LogP contribution in [0.4, 0.5) is 0 Å². The van der Waals surface area contributed by atoms with Gasteiger partial charge in [-0.05, 0) is 37.0 Å². The molecule has 0 aliphatic carbocycles. The summed E-state index contributed by atoms with van der Waals surface area (Å²) in [6.45, 7) is 10.3. The summed E-state index contributed by atoms with van der Waals surface area (Å²) >= 11 is 3.50. The lowest BCUT2D eigenvalue weighted by Crippen LogP contribution is -2.55. The summed E-state index contributed by atoms with van der Waals surface area (Å²) in [5.41, 5.74) is 1.40. The van der Waals surface area contributed by atoms with Gasteiger partial charge in [0, 0.05) is 36.2 Å². The zero-order valence-corrected chi connectivity index (χ0v) is 13.8. The van der Waals surface area contributed by atoms with Crippen molar-refractivity contribution >= 4 is 15.9 Å². The molecule has 1 aliphatic rings. The van der Waals surface area contributed by atoms with Crippen LogP contribution >= 0.6 is 15.9 Å². The third kappa shape index (κ3) is 4.59. The Labute approximate surface area is 125 Å². The van der Waals surface area contributed by atoms with E-state index in [0.29, 0.717) is 12.1 Å². The minimum atomic E-state index is 0.618. The first-order valence-corrected chi connectivity index (χ1v) is 8.05. The monoisotopic (exact) mass is 324 g/mol. The minimum Gasteiger partial charge on any atom is -0.311 e. The van der Waals surface area contributed by atoms with Gasteiger partial charge in [-0.15, -0.1) is 0 Å². The van der Waals surface area contributed by atoms with Gasteiger partial charge in [0.25, 0.3) is 0 Å². The third-order valence-corrected chi connectivity index (χ3v) is 4.36. The minimum absolute atomic E-state index is 0.618. The summed E-state index contributed by atoms with van der Waals surface area (Å²) in [7, 11) is 0. The second kappa shape index (κ2) is 6.87. The molecule has 0 radical (unpaired) electrons. The quantitative estimate of drug-likeness (QED) is 0.909. The number of nitrogens with one attached hydrogen (secondary N) is 1. The Kier molecular flexibility index (Phi) is 5.43. The highest BCUT2D eigenvalue weighted by Gasteiger charge is 2.25. The Morgan fingerprint density at radius 2 is 2.00 bits per heavy atom. The van der Waals surface area contributed by atoms with Crippen molar-refractivity contribution in [2.75, 3.05) is 13.1 Å². The average molecular weight is 325 g/mol. The molecule has 1 N–H and O–H groups in total. The van der Waals surface area contributed by atoms with Crippen molar-refractivity contribution in [1.29, 1.82) is 0 Å². The van der Waals surface area contributed by atoms with E-state index in [4.69, 9.17) is 0 Å². The fourth-order valence-corrected chi connectivity index (χ4v) is 3.03. The van der Waals surface area contributed by atoms with Gasteiger partial charge in [0.2, 0.25) is 0 Å². The van der Waals surface area contributed by atoms with Crippen molar-refractivity contribution in [2.45, 2.75) is 45.8 Å². The summed E-state index contributed by atoms with van der Waals surface area (Å²) in [5.74, 6) is 0.764. The highest BCUT2D eigenvalue weighted by molar-refractivity contribution is 9.10. The van der Waals surface area contributed by atoms with E-state index in [0.717, 1.165) is 30.0 Å². The van der Waals surface area contributed by atoms with Gasteiger partial charge in [-0.2, -0.15) is 0 Å². The van der Waals surface area contributed by atoms with E-state index >= 15 is 0 Å². The summed E-state index contributed by atoms with van der Waals surface area (Å²) in [6, 6.07) is 9.97. The molecule has 106 valence electrons. The lowest BCUT2D eigenvalue weighted by molar-refractivity contribution is 0.125. The molecule has 2 nitrogen and oxygen atoms in total. The Hall–Kier alpha value is -0.380. The van der Waals surface area contributed by atoms with Crippen molar-refractivity contribution in [1.82, 2.24) is 10.2 Å². The molecule has 1 saturated heterocycles. The Morgan fingerprint density at radius 3 is 2.63 bits per heavy atom. The SMILES string of the molecule is CC(C)CC1CN(Cc2ccc(Br)cc2)C(C)CN1. The predicted octanol–water partition coefficient (Wildman–Crippen LogP) is 3.66. The van der Waals surface area contributed by atoms with Gasteiger partial charge in [0.05, 0.1) is 0 Å². The lowest BCUT2D eigenvalue weighted by atomic mass is 9.99. The number of nitrogens with zero attached hydrogens (tertiary/aromatic N) is 1. The topological polar surface area (TPSA) is 15.3 Å². The van der Waals surface area contributed by atoms with Crippen LogP contribution in [0.15, 0.2) is 28.7 Å². The van der Waals surface area contributed by atoms with E-state index in [1.165, 1.54) is 12.0 Å². The number of benzene rings is 1. The molecular formula is C16H25BrN2. The normalized spacial score (nSPS) is 24.9. The first kappa shape index (κ1) is 15.0. The third-order valence-electron chi connectivity index (χ3n) is 3.84. The molecule has 1 fully saturated rings. The van der Waals surface area contributed by atoms with Crippen LogP contribution in [0.2, 0.25) is 0 Å². The maximum Gasteiger partial charge on any atom is 0.0237 e. The standard InChI is InChI=1S/C16H25BrN2/c1-12(2)8-16-11-19(13(3)9-18-16)10-14-4-6-15(17)7-5-14/h4-7,12-13,16,18H,8-11H2,1-3H3. The second-order valence-electron chi connectivity index (χ2n) is 6.14. The molecule has 0 aromatic heterocycles. The molecular weight excluding hydrogens is 300 g/mol. The van der Waals surface area contributed by atoms with E-state index in [9.17, 15) is 0 Å². The van der Waals surface area contributed by atoms with Crippen molar-refractivity contribution in [2.24, 2.45) is 5.92 Å². The second-order valence-corrected chi connectivity index (χ2v) is 7.06. The molecule has 1 aromatic carbocycles. The Morgan fingerprint density at radius 1 is 1.32 bits per heavy atom. The molecule has 0 saturated carbocycles. The van der Waals surface area contributed by atoms with Crippen molar-refractivity contribution < 1.29 is 0 Å². The van der Waals surface area contributed by atoms with E-state index in [-0.39, 0.29) is 0 Å². The van der Waals surface area contributed by atoms with Crippen LogP contribution < -0.4 is 5.32 Å². The smallest absolute Gasteiger partial charge is 0.0237 e. The first-order valence-electron chi connectivity index (χ1n) is 7.26. The largest absolute Gasteiger partial charge is 0.311 e. The zero-order chi connectivity index (χ0) is 13.8. The number of piperazine rings is 1. The van der Waals surface area contributed by atoms with E-state index < -0.39 is 0 Å². The van der Waals surface area contributed by atoms with Crippen LogP contribution in [-0.4, -0.2) is 30.1 Å². The average Bonchev–Trinajstić information content (AvgIpc) is 2.35. The highest BCUT2D eigenvalue weighted by Crippen LogP contribution is 2.17. The molecule has 1 aliphatic heterocycles. The molecule has 3 heteroatoms. The lowest BCUT2D eigenvalue weighted by Gasteiger charge is -2.39. The van der Waals surface area contributed by atoms with E-state index in [1.54, 1.807) is 0 Å². The first-order chi connectivity index (χ1) is 9.04. The highest BCUT2D eigenvalue weighted by atomic mass is 79.9. The summed E-state index contributed by atoms with van der Waals surface area (Å²) in [4.78, 5) is 2.60. The summed E-state index contributed by atoms with van der Waals surface area (Å²) in [5, 5.41) is 3.68. The van der Waals surface area contributed by atoms with Crippen molar-refractivity contribution in [3.8, 4) is 0 Å². The van der Waals surface area contributed by atoms with Crippen LogP contribution in [0.3, 0.4) is 0 Å². The van der Waals surface area contributed by atoms with Crippen LogP contribution in [0, 0.1) is 5.92 Å². The maximum absolute atomic E-state index is 3.68. The fourth-order valence-electron chi connectivity index (χ4n) is 2.77. The number of halogens is 1. The Balaban J connectivity index is 1.95. The molecule has 0 bridgehead atoms. The molecule has 0 spiro atoms. The van der Waals surface area contributed by atoms with E-state index in [2.05, 4.69) is 71.2 Å². The molecule has 1 heterocycles. The van der Waals surface area contributed by atoms with Crippen LogP contribution in [0.5, 0.6) is 0 Å². The van der Waals surface area contributed by atoms with Crippen LogP contribution in [0.25, 0.3) is 0 Å². The van der Waals surface area contributed by atoms with Gasteiger partial charge in [-0.25, -0.2) is 0 Å². The van der Waals surface area contributed by atoms with Gasteiger partial charge in [-0.3, -0.25) is 4.90 Å². The van der Waals surface area contributed by atoms with Crippen molar-refractivity contribution in [3.05, 3.63) is 34.3 Å². The van der Waals surface area contributed by atoms with Gasteiger partial charge >= 0.3 is 0 Å². The maximum atomic E-state index is 3.68.